The molecule has 1 aromatic carbocycles. The number of rotatable bonds is 2. The number of thioether (sulfide) groups is 1. The highest BCUT2D eigenvalue weighted by atomic mass is 79.9. The monoisotopic (exact) mass is 306 g/mol. The number of alkyl halides is 1. The summed E-state index contributed by atoms with van der Waals surface area (Å²) in [6.07, 6.45) is 2.08. The third-order valence-electron chi connectivity index (χ3n) is 2.10. The molecule has 0 saturated heterocycles. The first-order valence-corrected chi connectivity index (χ1v) is 7.67. The van der Waals surface area contributed by atoms with Crippen molar-refractivity contribution in [3.05, 3.63) is 28.1 Å². The van der Waals surface area contributed by atoms with Crippen molar-refractivity contribution in [1.29, 1.82) is 0 Å². The summed E-state index contributed by atoms with van der Waals surface area (Å²) in [4.78, 5) is 1.26. The first kappa shape index (κ1) is 10.8. The quantitative estimate of drug-likeness (QED) is 0.545. The molecule has 74 valence electrons. The van der Waals surface area contributed by atoms with E-state index in [4.69, 9.17) is 11.6 Å². The molecule has 0 saturated carbocycles. The lowest BCUT2D eigenvalue weighted by atomic mass is 10.2. The Labute approximate surface area is 105 Å². The van der Waals surface area contributed by atoms with Crippen molar-refractivity contribution in [2.24, 2.45) is 0 Å². The number of hydrogen-bond donors (Lipinski definition) is 0. The summed E-state index contributed by atoms with van der Waals surface area (Å²) in [5.41, 5.74) is 1.20. The van der Waals surface area contributed by atoms with Gasteiger partial charge in [0, 0.05) is 10.2 Å². The van der Waals surface area contributed by atoms with E-state index in [9.17, 15) is 0 Å². The minimum absolute atomic E-state index is 0.815. The van der Waals surface area contributed by atoms with Gasteiger partial charge in [0.05, 0.1) is 9.72 Å². The molecule has 1 aromatic heterocycles. The zero-order valence-electron chi connectivity index (χ0n) is 7.51. The van der Waals surface area contributed by atoms with Gasteiger partial charge < -0.3 is 0 Å². The fraction of sp³-hybridized carbons (Fsp3) is 0.200. The molecule has 0 radical (unpaired) electrons. The molecule has 0 nitrogen and oxygen atoms in total. The predicted molar refractivity (Wildman–Crippen MR) is 71.2 cm³/mol. The molecule has 0 spiro atoms. The van der Waals surface area contributed by atoms with Crippen molar-refractivity contribution in [2.45, 2.75) is 10.2 Å². The highest BCUT2D eigenvalue weighted by molar-refractivity contribution is 9.08. The minimum Gasteiger partial charge on any atom is -0.142 e. The average Bonchev–Trinajstić information content (AvgIpc) is 2.65. The summed E-state index contributed by atoms with van der Waals surface area (Å²) in [6.45, 7) is 0. The molecule has 0 N–H and O–H groups in total. The molecule has 0 unspecified atom stereocenters. The fourth-order valence-electron chi connectivity index (χ4n) is 1.39. The van der Waals surface area contributed by atoms with Crippen LogP contribution in [0.2, 0.25) is 5.02 Å². The lowest BCUT2D eigenvalue weighted by Crippen LogP contribution is -1.85. The second kappa shape index (κ2) is 4.44. The van der Waals surface area contributed by atoms with Crippen LogP contribution in [0.15, 0.2) is 22.4 Å². The van der Waals surface area contributed by atoms with Crippen molar-refractivity contribution in [3.63, 3.8) is 0 Å². The number of thiophene rings is 1. The van der Waals surface area contributed by atoms with Gasteiger partial charge in [0.1, 0.15) is 0 Å². The lowest BCUT2D eigenvalue weighted by Gasteiger charge is -2.07. The molecule has 1 heterocycles. The van der Waals surface area contributed by atoms with Gasteiger partial charge in [-0.05, 0) is 34.7 Å². The van der Waals surface area contributed by atoms with E-state index in [0.717, 1.165) is 10.4 Å². The zero-order chi connectivity index (χ0) is 10.1. The molecular formula is C10H8BrClS2. The maximum absolute atomic E-state index is 6.33. The molecule has 0 fully saturated rings. The SMILES string of the molecule is CSc1cc2ccsc2c(Cl)c1CBr. The standard InChI is InChI=1S/C10H8BrClS2/c1-13-8-4-6-2-3-14-10(6)9(12)7(8)5-11/h2-4H,5H2,1H3. The molecule has 0 atom stereocenters. The Morgan fingerprint density at radius 2 is 2.36 bits per heavy atom. The van der Waals surface area contributed by atoms with Crippen molar-refractivity contribution in [3.8, 4) is 0 Å². The van der Waals surface area contributed by atoms with Crippen molar-refractivity contribution < 1.29 is 0 Å². The molecule has 0 aliphatic carbocycles. The second-order valence-electron chi connectivity index (χ2n) is 2.84. The van der Waals surface area contributed by atoms with Crippen LogP contribution in [-0.4, -0.2) is 6.26 Å². The molecule has 4 heteroatoms. The van der Waals surface area contributed by atoms with Crippen LogP contribution < -0.4 is 0 Å². The fourth-order valence-corrected chi connectivity index (χ4v) is 4.29. The van der Waals surface area contributed by atoms with Crippen LogP contribution in [0.25, 0.3) is 10.1 Å². The van der Waals surface area contributed by atoms with E-state index in [-0.39, 0.29) is 0 Å². The van der Waals surface area contributed by atoms with Gasteiger partial charge in [-0.15, -0.1) is 23.1 Å². The molecular weight excluding hydrogens is 300 g/mol. The maximum atomic E-state index is 6.33. The Kier molecular flexibility index (Phi) is 3.42. The number of benzene rings is 1. The normalized spacial score (nSPS) is 11.1. The molecule has 2 aromatic rings. The Hall–Kier alpha value is 0.300. The van der Waals surface area contributed by atoms with Crippen LogP contribution in [0.1, 0.15) is 5.56 Å². The third-order valence-corrected chi connectivity index (χ3v) is 4.94. The molecule has 14 heavy (non-hydrogen) atoms. The Morgan fingerprint density at radius 3 is 3.00 bits per heavy atom. The van der Waals surface area contributed by atoms with Crippen LogP contribution >= 0.6 is 50.6 Å². The Morgan fingerprint density at radius 1 is 1.57 bits per heavy atom. The van der Waals surface area contributed by atoms with E-state index in [1.807, 2.05) is 0 Å². The summed E-state index contributed by atoms with van der Waals surface area (Å²) in [5.74, 6) is 0. The molecule has 0 aliphatic rings. The van der Waals surface area contributed by atoms with Gasteiger partial charge in [0.25, 0.3) is 0 Å². The van der Waals surface area contributed by atoms with Gasteiger partial charge in [0.2, 0.25) is 0 Å². The third kappa shape index (κ3) is 1.71. The first-order valence-electron chi connectivity index (χ1n) is 4.06. The Bertz CT molecular complexity index is 464. The summed E-state index contributed by atoms with van der Waals surface area (Å²) >= 11 is 13.3. The largest absolute Gasteiger partial charge is 0.142 e. The van der Waals surface area contributed by atoms with E-state index >= 15 is 0 Å². The molecule has 0 aliphatic heterocycles. The number of fused-ring (bicyclic) bond motifs is 1. The predicted octanol–water partition coefficient (Wildman–Crippen LogP) is 5.17. The molecule has 0 amide bonds. The van der Waals surface area contributed by atoms with Gasteiger partial charge in [-0.3, -0.25) is 0 Å². The van der Waals surface area contributed by atoms with Crippen LogP contribution in [0.5, 0.6) is 0 Å². The Balaban J connectivity index is 2.79. The van der Waals surface area contributed by atoms with Crippen LogP contribution in [0, 0.1) is 0 Å². The smallest absolute Gasteiger partial charge is 0.0635 e. The van der Waals surface area contributed by atoms with Crippen molar-refractivity contribution >= 4 is 60.7 Å². The zero-order valence-corrected chi connectivity index (χ0v) is 11.5. The molecule has 2 rings (SSSR count). The van der Waals surface area contributed by atoms with Gasteiger partial charge in [0.15, 0.2) is 0 Å². The van der Waals surface area contributed by atoms with Crippen molar-refractivity contribution in [2.75, 3.05) is 6.26 Å². The number of halogens is 2. The lowest BCUT2D eigenvalue weighted by molar-refractivity contribution is 1.31. The molecule has 0 bridgehead atoms. The van der Waals surface area contributed by atoms with E-state index < -0.39 is 0 Å². The van der Waals surface area contributed by atoms with Crippen LogP contribution in [0.3, 0.4) is 0 Å². The van der Waals surface area contributed by atoms with Crippen LogP contribution in [-0.2, 0) is 5.33 Å². The summed E-state index contributed by atoms with van der Waals surface area (Å²) in [7, 11) is 0. The summed E-state index contributed by atoms with van der Waals surface area (Å²) in [6, 6.07) is 4.32. The van der Waals surface area contributed by atoms with E-state index in [1.54, 1.807) is 23.1 Å². The summed E-state index contributed by atoms with van der Waals surface area (Å²) < 4.78 is 1.19. The second-order valence-corrected chi connectivity index (χ2v) is 5.55. The first-order chi connectivity index (χ1) is 6.77. The maximum Gasteiger partial charge on any atom is 0.0635 e. The summed E-state index contributed by atoms with van der Waals surface area (Å²) in [5, 5.41) is 5.04. The van der Waals surface area contributed by atoms with Gasteiger partial charge in [-0.1, -0.05) is 27.5 Å². The van der Waals surface area contributed by atoms with Gasteiger partial charge in [-0.2, -0.15) is 0 Å². The van der Waals surface area contributed by atoms with Gasteiger partial charge in [-0.25, -0.2) is 0 Å². The van der Waals surface area contributed by atoms with Crippen molar-refractivity contribution in [1.82, 2.24) is 0 Å². The average molecular weight is 308 g/mol. The van der Waals surface area contributed by atoms with E-state index in [0.29, 0.717) is 0 Å². The minimum atomic E-state index is 0.815. The number of hydrogen-bond acceptors (Lipinski definition) is 2. The van der Waals surface area contributed by atoms with Crippen LogP contribution in [0.4, 0.5) is 0 Å². The van der Waals surface area contributed by atoms with E-state index in [2.05, 4.69) is 39.7 Å². The van der Waals surface area contributed by atoms with E-state index in [1.165, 1.54) is 20.5 Å². The highest BCUT2D eigenvalue weighted by Crippen LogP contribution is 2.38. The topological polar surface area (TPSA) is 0 Å². The van der Waals surface area contributed by atoms with Gasteiger partial charge >= 0.3 is 0 Å². The highest BCUT2D eigenvalue weighted by Gasteiger charge is 2.10.